The van der Waals surface area contributed by atoms with E-state index >= 15 is 0 Å². The molecule has 158 valence electrons. The lowest BCUT2D eigenvalue weighted by Gasteiger charge is -2.26. The predicted octanol–water partition coefficient (Wildman–Crippen LogP) is 1.56. The van der Waals surface area contributed by atoms with Gasteiger partial charge in [-0.2, -0.15) is 0 Å². The maximum atomic E-state index is 12.7. The third kappa shape index (κ3) is 5.81. The number of methoxy groups -OCH3 is 1. The van der Waals surface area contributed by atoms with Crippen molar-refractivity contribution in [1.82, 2.24) is 15.2 Å². The summed E-state index contributed by atoms with van der Waals surface area (Å²) in [5.41, 5.74) is 2.50. The molecule has 0 fully saturated rings. The highest BCUT2D eigenvalue weighted by molar-refractivity contribution is 7.80. The highest BCUT2D eigenvalue weighted by Crippen LogP contribution is 2.19. The summed E-state index contributed by atoms with van der Waals surface area (Å²) in [5, 5.41) is 4.95. The molecule has 0 atom stereocenters. The first-order valence-corrected chi connectivity index (χ1v) is 10.4. The van der Waals surface area contributed by atoms with Crippen molar-refractivity contribution >= 4 is 28.2 Å². The molecule has 0 spiro atoms. The van der Waals surface area contributed by atoms with Crippen molar-refractivity contribution in [3.8, 4) is 5.75 Å². The van der Waals surface area contributed by atoms with Crippen LogP contribution in [0.25, 0.3) is 10.9 Å². The molecule has 1 heterocycles. The zero-order valence-electron chi connectivity index (χ0n) is 17.7. The predicted molar refractivity (Wildman–Crippen MR) is 125 cm³/mol. The summed E-state index contributed by atoms with van der Waals surface area (Å²) in [6, 6.07) is 17.8. The normalized spacial score (nSPS) is 10.9. The van der Waals surface area contributed by atoms with Crippen LogP contribution in [0.5, 0.6) is 5.75 Å². The highest BCUT2D eigenvalue weighted by atomic mass is 32.1. The fraction of sp³-hybridized carbons (Fsp3) is 0.304. The molecule has 3 N–H and O–H groups in total. The summed E-state index contributed by atoms with van der Waals surface area (Å²) in [5.74, 6) is 0.716. The van der Waals surface area contributed by atoms with Crippen molar-refractivity contribution in [3.05, 3.63) is 76.1 Å². The first-order chi connectivity index (χ1) is 14.5. The molecule has 0 bridgehead atoms. The molecule has 3 aromatic rings. The number of rotatable bonds is 8. The molecule has 0 amide bonds. The molecule has 0 unspecified atom stereocenters. The molecule has 1 aromatic heterocycles. The minimum Gasteiger partial charge on any atom is -0.497 e. The molecular formula is C23H29N4O2S+. The SMILES string of the molecule is COc1ccc2cc(CN(CC[NH+](C)C)C(=S)NCc3ccccc3)c(=O)[nH]c2c1. The van der Waals surface area contributed by atoms with Gasteiger partial charge in [-0.15, -0.1) is 0 Å². The Labute approximate surface area is 182 Å². The molecular weight excluding hydrogens is 396 g/mol. The molecule has 2 aromatic carbocycles. The van der Waals surface area contributed by atoms with Crippen molar-refractivity contribution in [1.29, 1.82) is 0 Å². The summed E-state index contributed by atoms with van der Waals surface area (Å²) < 4.78 is 5.25. The van der Waals surface area contributed by atoms with Crippen LogP contribution >= 0.6 is 12.2 Å². The Morgan fingerprint density at radius 1 is 1.17 bits per heavy atom. The van der Waals surface area contributed by atoms with E-state index in [2.05, 4.69) is 41.4 Å². The van der Waals surface area contributed by atoms with E-state index < -0.39 is 0 Å². The Balaban J connectivity index is 1.78. The lowest BCUT2D eigenvalue weighted by Crippen LogP contribution is -3.06. The van der Waals surface area contributed by atoms with Crippen LogP contribution in [0.4, 0.5) is 0 Å². The van der Waals surface area contributed by atoms with Crippen molar-refractivity contribution in [3.63, 3.8) is 0 Å². The number of hydrogen-bond acceptors (Lipinski definition) is 3. The van der Waals surface area contributed by atoms with Gasteiger partial charge in [0, 0.05) is 18.2 Å². The number of nitrogens with one attached hydrogen (secondary N) is 3. The van der Waals surface area contributed by atoms with Gasteiger partial charge in [-0.3, -0.25) is 4.79 Å². The van der Waals surface area contributed by atoms with Gasteiger partial charge in [0.05, 0.1) is 46.4 Å². The van der Waals surface area contributed by atoms with Crippen molar-refractivity contribution in [2.75, 3.05) is 34.3 Å². The smallest absolute Gasteiger partial charge is 0.253 e. The van der Waals surface area contributed by atoms with Gasteiger partial charge in [0.15, 0.2) is 5.11 Å². The molecule has 3 rings (SSSR count). The van der Waals surface area contributed by atoms with Gasteiger partial charge in [0.25, 0.3) is 5.56 Å². The third-order valence-electron chi connectivity index (χ3n) is 4.95. The number of aromatic amines is 1. The van der Waals surface area contributed by atoms with Gasteiger partial charge >= 0.3 is 0 Å². The third-order valence-corrected chi connectivity index (χ3v) is 5.35. The number of hydrogen-bond donors (Lipinski definition) is 3. The number of quaternary nitrogens is 1. The van der Waals surface area contributed by atoms with Crippen LogP contribution in [-0.4, -0.2) is 49.3 Å². The van der Waals surface area contributed by atoms with E-state index in [9.17, 15) is 4.79 Å². The van der Waals surface area contributed by atoms with E-state index in [1.165, 1.54) is 4.90 Å². The van der Waals surface area contributed by atoms with Crippen LogP contribution in [0.1, 0.15) is 11.1 Å². The molecule has 0 radical (unpaired) electrons. The Bertz CT molecular complexity index is 1050. The topological polar surface area (TPSA) is 61.8 Å². The Hall–Kier alpha value is -2.90. The van der Waals surface area contributed by atoms with Crippen LogP contribution in [0.2, 0.25) is 0 Å². The Kier molecular flexibility index (Phi) is 7.43. The van der Waals surface area contributed by atoms with Crippen LogP contribution < -0.4 is 20.5 Å². The van der Waals surface area contributed by atoms with Crippen molar-refractivity contribution < 1.29 is 9.64 Å². The number of H-pyrrole nitrogens is 1. The fourth-order valence-corrected chi connectivity index (χ4v) is 3.40. The van der Waals surface area contributed by atoms with Gasteiger partial charge in [-0.1, -0.05) is 30.3 Å². The molecule has 0 aliphatic heterocycles. The second-order valence-corrected chi connectivity index (χ2v) is 7.99. The van der Waals surface area contributed by atoms with Crippen LogP contribution in [-0.2, 0) is 13.1 Å². The second kappa shape index (κ2) is 10.2. The zero-order valence-corrected chi connectivity index (χ0v) is 18.5. The maximum absolute atomic E-state index is 12.7. The van der Waals surface area contributed by atoms with E-state index in [-0.39, 0.29) is 5.56 Å². The number of likely N-dealkylation sites (N-methyl/N-ethyl adjacent to an activating group) is 1. The monoisotopic (exact) mass is 425 g/mol. The highest BCUT2D eigenvalue weighted by Gasteiger charge is 2.15. The van der Waals surface area contributed by atoms with Gasteiger partial charge in [-0.05, 0) is 41.4 Å². The largest absolute Gasteiger partial charge is 0.497 e. The van der Waals surface area contributed by atoms with E-state index in [1.54, 1.807) is 7.11 Å². The van der Waals surface area contributed by atoms with Crippen molar-refractivity contribution in [2.24, 2.45) is 0 Å². The minimum atomic E-state index is -0.108. The summed E-state index contributed by atoms with van der Waals surface area (Å²) in [4.78, 5) is 19.1. The number of nitrogens with zero attached hydrogens (tertiary/aromatic N) is 1. The lowest BCUT2D eigenvalue weighted by molar-refractivity contribution is -0.857. The van der Waals surface area contributed by atoms with Crippen molar-refractivity contribution in [2.45, 2.75) is 13.1 Å². The standard InChI is InChI=1S/C23H28N4O2S/c1-26(2)11-12-27(23(30)24-15-17-7-5-4-6-8-17)16-19-13-18-9-10-20(29-3)14-21(18)25-22(19)28/h4-10,13-14H,11-12,15-16H2,1-3H3,(H,24,30)(H,25,28)/p+1. The molecule has 0 aliphatic rings. The summed E-state index contributed by atoms with van der Waals surface area (Å²) in [6.07, 6.45) is 0. The van der Waals surface area contributed by atoms with Gasteiger partial charge in [0.1, 0.15) is 5.75 Å². The van der Waals surface area contributed by atoms with E-state index in [0.29, 0.717) is 29.5 Å². The summed E-state index contributed by atoms with van der Waals surface area (Å²) in [7, 11) is 5.82. The number of benzene rings is 2. The van der Waals surface area contributed by atoms with Gasteiger partial charge < -0.3 is 24.8 Å². The lowest BCUT2D eigenvalue weighted by atomic mass is 10.1. The number of aromatic nitrogens is 1. The first-order valence-electron chi connectivity index (χ1n) is 10.0. The number of ether oxygens (including phenoxy) is 1. The molecule has 6 nitrogen and oxygen atoms in total. The number of thiocarbonyl (C=S) groups is 1. The molecule has 0 saturated heterocycles. The molecule has 30 heavy (non-hydrogen) atoms. The van der Waals surface area contributed by atoms with E-state index in [4.69, 9.17) is 17.0 Å². The maximum Gasteiger partial charge on any atom is 0.253 e. The van der Waals surface area contributed by atoms with E-state index in [0.717, 1.165) is 29.6 Å². The number of pyridine rings is 1. The Morgan fingerprint density at radius 3 is 2.63 bits per heavy atom. The molecule has 7 heteroatoms. The fourth-order valence-electron chi connectivity index (χ4n) is 3.17. The minimum absolute atomic E-state index is 0.108. The first kappa shape index (κ1) is 21.8. The van der Waals surface area contributed by atoms with Crippen LogP contribution in [0, 0.1) is 0 Å². The molecule has 0 saturated carbocycles. The van der Waals surface area contributed by atoms with Gasteiger partial charge in [0.2, 0.25) is 0 Å². The van der Waals surface area contributed by atoms with E-state index in [1.807, 2.05) is 42.5 Å². The van der Waals surface area contributed by atoms with Crippen LogP contribution in [0.15, 0.2) is 59.4 Å². The number of fused-ring (bicyclic) bond motifs is 1. The molecule has 0 aliphatic carbocycles. The summed E-state index contributed by atoms with van der Waals surface area (Å²) >= 11 is 5.67. The van der Waals surface area contributed by atoms with Crippen LogP contribution in [0.3, 0.4) is 0 Å². The average Bonchev–Trinajstić information content (AvgIpc) is 2.75. The summed E-state index contributed by atoms with van der Waals surface area (Å²) in [6.45, 7) is 2.77. The Morgan fingerprint density at radius 2 is 1.93 bits per heavy atom. The second-order valence-electron chi connectivity index (χ2n) is 7.60. The van der Waals surface area contributed by atoms with Gasteiger partial charge in [-0.25, -0.2) is 0 Å². The average molecular weight is 426 g/mol. The zero-order chi connectivity index (χ0) is 21.5. The quantitative estimate of drug-likeness (QED) is 0.478.